The topological polar surface area (TPSA) is 17.1 Å². The number of carbonyl (C=O) groups is 1. The summed E-state index contributed by atoms with van der Waals surface area (Å²) >= 11 is 5.95. The molecule has 21 heavy (non-hydrogen) atoms. The molecule has 0 aliphatic carbocycles. The third-order valence-electron chi connectivity index (χ3n) is 3.47. The van der Waals surface area contributed by atoms with E-state index in [0.717, 1.165) is 5.56 Å². The van der Waals surface area contributed by atoms with Crippen LogP contribution in [-0.2, 0) is 11.8 Å². The van der Waals surface area contributed by atoms with Crippen LogP contribution in [0.15, 0.2) is 42.5 Å². The van der Waals surface area contributed by atoms with Crippen LogP contribution in [0.5, 0.6) is 0 Å². The van der Waals surface area contributed by atoms with Crippen molar-refractivity contribution in [3.63, 3.8) is 0 Å². The Morgan fingerprint density at radius 1 is 1.10 bits per heavy atom. The normalized spacial score (nSPS) is 11.5. The maximum absolute atomic E-state index is 13.7. The Morgan fingerprint density at radius 3 is 2.24 bits per heavy atom. The van der Waals surface area contributed by atoms with Crippen molar-refractivity contribution in [3.8, 4) is 0 Å². The molecule has 2 rings (SSSR count). The first-order valence-corrected chi connectivity index (χ1v) is 7.23. The summed E-state index contributed by atoms with van der Waals surface area (Å²) in [7, 11) is 0. The van der Waals surface area contributed by atoms with Crippen molar-refractivity contribution in [1.29, 1.82) is 0 Å². The molecule has 2 aromatic rings. The Kier molecular flexibility index (Phi) is 4.48. The summed E-state index contributed by atoms with van der Waals surface area (Å²) in [5.74, 6) is -0.579. The second kappa shape index (κ2) is 5.98. The van der Waals surface area contributed by atoms with E-state index in [2.05, 4.69) is 20.8 Å². The van der Waals surface area contributed by atoms with E-state index in [0.29, 0.717) is 5.56 Å². The Bertz CT molecular complexity index is 634. The molecular formula is C18H18ClFO. The van der Waals surface area contributed by atoms with E-state index in [4.69, 9.17) is 11.6 Å². The quantitative estimate of drug-likeness (QED) is 0.712. The van der Waals surface area contributed by atoms with E-state index < -0.39 is 5.82 Å². The average Bonchev–Trinajstić information content (AvgIpc) is 2.42. The molecule has 0 bridgehead atoms. The van der Waals surface area contributed by atoms with Crippen LogP contribution in [0.1, 0.15) is 42.3 Å². The minimum Gasteiger partial charge on any atom is -0.294 e. The Hall–Kier alpha value is -1.67. The number of halogens is 2. The maximum atomic E-state index is 13.7. The Balaban J connectivity index is 2.21. The largest absolute Gasteiger partial charge is 0.294 e. The molecule has 0 fully saturated rings. The molecule has 0 N–H and O–H groups in total. The average molecular weight is 305 g/mol. The number of ketones is 1. The van der Waals surface area contributed by atoms with Crippen LogP contribution in [0.3, 0.4) is 0 Å². The van der Waals surface area contributed by atoms with Crippen LogP contribution >= 0.6 is 11.6 Å². The molecule has 0 spiro atoms. The van der Waals surface area contributed by atoms with Crippen LogP contribution in [0.4, 0.5) is 4.39 Å². The zero-order valence-electron chi connectivity index (χ0n) is 12.4. The lowest BCUT2D eigenvalue weighted by molar-refractivity contribution is 0.0992. The van der Waals surface area contributed by atoms with E-state index in [9.17, 15) is 9.18 Å². The molecule has 0 aliphatic rings. The van der Waals surface area contributed by atoms with Gasteiger partial charge < -0.3 is 0 Å². The van der Waals surface area contributed by atoms with Gasteiger partial charge in [-0.05, 0) is 23.1 Å². The number of carbonyl (C=O) groups excluding carboxylic acids is 1. The van der Waals surface area contributed by atoms with Gasteiger partial charge in [0.15, 0.2) is 5.78 Å². The fourth-order valence-electron chi connectivity index (χ4n) is 2.12. The number of rotatable bonds is 3. The minimum absolute atomic E-state index is 0.0274. The molecule has 0 radical (unpaired) electrons. The molecule has 0 aliphatic heterocycles. The van der Waals surface area contributed by atoms with Crippen molar-refractivity contribution in [2.75, 3.05) is 0 Å². The van der Waals surface area contributed by atoms with Gasteiger partial charge in [0, 0.05) is 22.6 Å². The maximum Gasteiger partial charge on any atom is 0.167 e. The highest BCUT2D eigenvalue weighted by atomic mass is 35.5. The monoisotopic (exact) mass is 304 g/mol. The molecule has 110 valence electrons. The summed E-state index contributed by atoms with van der Waals surface area (Å²) in [4.78, 5) is 12.3. The van der Waals surface area contributed by atoms with Crippen LogP contribution < -0.4 is 0 Å². The second-order valence-corrected chi connectivity index (χ2v) is 6.53. The standard InChI is InChI=1S/C18H18ClFO/c1-18(2,3)13-9-7-12(8-10-13)17(21)11-14-15(19)5-4-6-16(14)20/h4-10H,11H2,1-3H3. The molecule has 0 amide bonds. The molecule has 2 aromatic carbocycles. The number of benzene rings is 2. The summed E-state index contributed by atoms with van der Waals surface area (Å²) in [6.07, 6.45) is -0.0274. The molecular weight excluding hydrogens is 287 g/mol. The minimum atomic E-state index is -0.442. The van der Waals surface area contributed by atoms with E-state index in [-0.39, 0.29) is 28.2 Å². The first kappa shape index (κ1) is 15.7. The lowest BCUT2D eigenvalue weighted by Crippen LogP contribution is -2.12. The van der Waals surface area contributed by atoms with Crippen LogP contribution in [0.2, 0.25) is 5.02 Å². The van der Waals surface area contributed by atoms with E-state index in [1.54, 1.807) is 18.2 Å². The predicted octanol–water partition coefficient (Wildman–Crippen LogP) is 5.20. The van der Waals surface area contributed by atoms with Crippen molar-refractivity contribution in [1.82, 2.24) is 0 Å². The first-order valence-electron chi connectivity index (χ1n) is 6.85. The smallest absolute Gasteiger partial charge is 0.167 e. The van der Waals surface area contributed by atoms with E-state index >= 15 is 0 Å². The molecule has 3 heteroatoms. The summed E-state index contributed by atoms with van der Waals surface area (Å²) in [5.41, 5.74) is 2.02. The van der Waals surface area contributed by atoms with Gasteiger partial charge in [0.1, 0.15) is 5.82 Å². The molecule has 0 heterocycles. The summed E-state index contributed by atoms with van der Waals surface area (Å²) in [5, 5.41) is 0.287. The molecule has 1 nitrogen and oxygen atoms in total. The number of hydrogen-bond donors (Lipinski definition) is 0. The summed E-state index contributed by atoms with van der Waals surface area (Å²) in [6.45, 7) is 6.34. The fraction of sp³-hybridized carbons (Fsp3) is 0.278. The van der Waals surface area contributed by atoms with Gasteiger partial charge in [0.25, 0.3) is 0 Å². The van der Waals surface area contributed by atoms with Crippen molar-refractivity contribution in [2.45, 2.75) is 32.6 Å². The van der Waals surface area contributed by atoms with Gasteiger partial charge in [-0.2, -0.15) is 0 Å². The van der Waals surface area contributed by atoms with Gasteiger partial charge in [-0.15, -0.1) is 0 Å². The number of Topliss-reactive ketones (excluding diaryl/α,β-unsaturated/α-hetero) is 1. The SMILES string of the molecule is CC(C)(C)c1ccc(C(=O)Cc2c(F)cccc2Cl)cc1. The molecule has 0 unspecified atom stereocenters. The summed E-state index contributed by atoms with van der Waals surface area (Å²) in [6, 6.07) is 11.9. The second-order valence-electron chi connectivity index (χ2n) is 6.13. The zero-order chi connectivity index (χ0) is 15.6. The van der Waals surface area contributed by atoms with Crippen molar-refractivity contribution < 1.29 is 9.18 Å². The Labute approximate surface area is 129 Å². The van der Waals surface area contributed by atoms with Crippen molar-refractivity contribution >= 4 is 17.4 Å². The zero-order valence-corrected chi connectivity index (χ0v) is 13.2. The van der Waals surface area contributed by atoms with Gasteiger partial charge in [-0.25, -0.2) is 4.39 Å². The molecule has 0 atom stereocenters. The third kappa shape index (κ3) is 3.70. The lowest BCUT2D eigenvalue weighted by atomic mass is 9.86. The van der Waals surface area contributed by atoms with E-state index in [1.807, 2.05) is 12.1 Å². The van der Waals surface area contributed by atoms with Crippen LogP contribution in [-0.4, -0.2) is 5.78 Å². The van der Waals surface area contributed by atoms with Gasteiger partial charge in [-0.3, -0.25) is 4.79 Å². The third-order valence-corrected chi connectivity index (χ3v) is 3.83. The molecule has 0 aromatic heterocycles. The van der Waals surface area contributed by atoms with Gasteiger partial charge in [-0.1, -0.05) is 62.7 Å². The highest BCUT2D eigenvalue weighted by Gasteiger charge is 2.16. The molecule has 0 saturated carbocycles. The van der Waals surface area contributed by atoms with Gasteiger partial charge in [0.05, 0.1) is 0 Å². The lowest BCUT2D eigenvalue weighted by Gasteiger charge is -2.19. The summed E-state index contributed by atoms with van der Waals surface area (Å²) < 4.78 is 13.7. The van der Waals surface area contributed by atoms with Gasteiger partial charge in [0.2, 0.25) is 0 Å². The fourth-order valence-corrected chi connectivity index (χ4v) is 2.35. The highest BCUT2D eigenvalue weighted by Crippen LogP contribution is 2.24. The molecule has 0 saturated heterocycles. The van der Waals surface area contributed by atoms with Crippen molar-refractivity contribution in [2.24, 2.45) is 0 Å². The van der Waals surface area contributed by atoms with Crippen LogP contribution in [0.25, 0.3) is 0 Å². The first-order chi connectivity index (χ1) is 9.79. The van der Waals surface area contributed by atoms with E-state index in [1.165, 1.54) is 12.1 Å². The van der Waals surface area contributed by atoms with Crippen LogP contribution in [0, 0.1) is 5.82 Å². The predicted molar refractivity (Wildman–Crippen MR) is 84.6 cm³/mol. The van der Waals surface area contributed by atoms with Gasteiger partial charge >= 0.3 is 0 Å². The highest BCUT2D eigenvalue weighted by molar-refractivity contribution is 6.31. The Morgan fingerprint density at radius 2 is 1.71 bits per heavy atom. The number of hydrogen-bond acceptors (Lipinski definition) is 1. The van der Waals surface area contributed by atoms with Crippen molar-refractivity contribution in [3.05, 3.63) is 70.0 Å².